The second-order valence-electron chi connectivity index (χ2n) is 7.80. The molecule has 7 heteroatoms. The van der Waals surface area contributed by atoms with E-state index in [1.54, 1.807) is 0 Å². The molecule has 0 saturated carbocycles. The summed E-state index contributed by atoms with van der Waals surface area (Å²) in [6.45, 7) is 12.8. The molecule has 3 rings (SSSR count). The van der Waals surface area contributed by atoms with Crippen LogP contribution in [0.4, 0.5) is 0 Å². The number of fused-ring (bicyclic) bond motifs is 1. The van der Waals surface area contributed by atoms with E-state index in [9.17, 15) is 0 Å². The first kappa shape index (κ1) is 23.2. The summed E-state index contributed by atoms with van der Waals surface area (Å²) >= 11 is 0. The predicted molar refractivity (Wildman–Crippen MR) is 125 cm³/mol. The minimum absolute atomic E-state index is 0. The highest BCUT2D eigenvalue weighted by Crippen LogP contribution is 2.27. The van der Waals surface area contributed by atoms with Crippen molar-refractivity contribution in [2.75, 3.05) is 45.9 Å². The summed E-state index contributed by atoms with van der Waals surface area (Å²) in [7, 11) is 0. The lowest BCUT2D eigenvalue weighted by Gasteiger charge is -2.33. The molecule has 1 saturated heterocycles. The van der Waals surface area contributed by atoms with E-state index >= 15 is 0 Å². The number of para-hydroxylation sites is 1. The molecule has 2 N–H and O–H groups in total. The highest BCUT2D eigenvalue weighted by atomic mass is 127. The maximum atomic E-state index is 6.00. The molecule has 0 aromatic heterocycles. The van der Waals surface area contributed by atoms with Crippen LogP contribution in [0.1, 0.15) is 26.3 Å². The number of hydrogen-bond donors (Lipinski definition) is 2. The van der Waals surface area contributed by atoms with E-state index in [-0.39, 0.29) is 36.2 Å². The SMILES string of the molecule is CCNC(=NCC1CN(CC(C)C)CCO1)NCC1Cc2ccccc2O1.I. The minimum Gasteiger partial charge on any atom is -0.488 e. The number of ether oxygens (including phenoxy) is 2. The van der Waals surface area contributed by atoms with Crippen LogP contribution in [0.5, 0.6) is 5.75 Å². The van der Waals surface area contributed by atoms with Gasteiger partial charge in [-0.05, 0) is 24.5 Å². The van der Waals surface area contributed by atoms with Gasteiger partial charge in [0.1, 0.15) is 11.9 Å². The molecule has 0 bridgehead atoms. The number of morpholine rings is 1. The lowest BCUT2D eigenvalue weighted by Crippen LogP contribution is -2.46. The predicted octanol–water partition coefficient (Wildman–Crippen LogP) is 2.52. The molecule has 1 aromatic carbocycles. The van der Waals surface area contributed by atoms with Crippen molar-refractivity contribution in [2.45, 2.75) is 39.4 Å². The number of hydrogen-bond acceptors (Lipinski definition) is 4. The molecule has 2 heterocycles. The van der Waals surface area contributed by atoms with Gasteiger partial charge in [0.2, 0.25) is 0 Å². The number of halogens is 1. The zero-order chi connectivity index (χ0) is 19.1. The Morgan fingerprint density at radius 1 is 1.25 bits per heavy atom. The Kier molecular flexibility index (Phi) is 9.81. The van der Waals surface area contributed by atoms with Crippen molar-refractivity contribution in [3.8, 4) is 5.75 Å². The summed E-state index contributed by atoms with van der Waals surface area (Å²) in [5.41, 5.74) is 1.28. The summed E-state index contributed by atoms with van der Waals surface area (Å²) in [5, 5.41) is 6.75. The minimum atomic E-state index is 0. The van der Waals surface area contributed by atoms with Crippen LogP contribution in [-0.2, 0) is 11.2 Å². The Labute approximate surface area is 186 Å². The van der Waals surface area contributed by atoms with E-state index in [0.29, 0.717) is 12.5 Å². The Hall–Kier alpha value is -1.06. The van der Waals surface area contributed by atoms with Crippen LogP contribution in [0, 0.1) is 5.92 Å². The van der Waals surface area contributed by atoms with E-state index in [0.717, 1.165) is 57.5 Å². The maximum absolute atomic E-state index is 6.00. The molecule has 1 aromatic rings. The van der Waals surface area contributed by atoms with Gasteiger partial charge in [-0.25, -0.2) is 0 Å². The molecule has 0 aliphatic carbocycles. The topological polar surface area (TPSA) is 58.1 Å². The second-order valence-corrected chi connectivity index (χ2v) is 7.80. The maximum Gasteiger partial charge on any atom is 0.191 e. The van der Waals surface area contributed by atoms with Crippen molar-refractivity contribution in [1.82, 2.24) is 15.5 Å². The first-order valence-electron chi connectivity index (χ1n) is 10.2. The molecule has 158 valence electrons. The van der Waals surface area contributed by atoms with Crippen molar-refractivity contribution < 1.29 is 9.47 Å². The fraction of sp³-hybridized carbons (Fsp3) is 0.667. The van der Waals surface area contributed by atoms with E-state index in [4.69, 9.17) is 14.5 Å². The summed E-state index contributed by atoms with van der Waals surface area (Å²) in [6, 6.07) is 8.26. The van der Waals surface area contributed by atoms with Crippen LogP contribution >= 0.6 is 24.0 Å². The van der Waals surface area contributed by atoms with Crippen molar-refractivity contribution in [1.29, 1.82) is 0 Å². The van der Waals surface area contributed by atoms with Crippen molar-refractivity contribution in [3.05, 3.63) is 29.8 Å². The first-order valence-corrected chi connectivity index (χ1v) is 10.2. The number of guanidine groups is 1. The highest BCUT2D eigenvalue weighted by molar-refractivity contribution is 14.0. The molecular weight excluding hydrogens is 467 g/mol. The largest absolute Gasteiger partial charge is 0.488 e. The van der Waals surface area contributed by atoms with E-state index in [1.165, 1.54) is 5.56 Å². The second kappa shape index (κ2) is 11.8. The van der Waals surface area contributed by atoms with E-state index in [2.05, 4.69) is 48.4 Å². The van der Waals surface area contributed by atoms with Gasteiger partial charge in [0.25, 0.3) is 0 Å². The Morgan fingerprint density at radius 2 is 2.07 bits per heavy atom. The molecule has 2 aliphatic heterocycles. The fourth-order valence-corrected chi connectivity index (χ4v) is 3.69. The quantitative estimate of drug-likeness (QED) is 0.341. The standard InChI is InChI=1S/C21H34N4O2.HI/c1-4-22-21(23-12-18-11-17-7-5-6-8-20(17)27-18)24-13-19-15-25(9-10-26-19)14-16(2)3;/h5-8,16,18-19H,4,9-15H2,1-3H3,(H2,22,23,24);1H. The fourth-order valence-electron chi connectivity index (χ4n) is 3.69. The molecule has 2 unspecified atom stereocenters. The van der Waals surface area contributed by atoms with Gasteiger partial charge in [-0.15, -0.1) is 24.0 Å². The molecule has 1 fully saturated rings. The van der Waals surface area contributed by atoms with Crippen molar-refractivity contribution in [3.63, 3.8) is 0 Å². The molecular formula is C21H35IN4O2. The van der Waals surface area contributed by atoms with Crippen LogP contribution in [0.25, 0.3) is 0 Å². The zero-order valence-corrected chi connectivity index (χ0v) is 19.6. The molecule has 2 atom stereocenters. The van der Waals surface area contributed by atoms with Gasteiger partial charge in [0.05, 0.1) is 25.8 Å². The summed E-state index contributed by atoms with van der Waals surface area (Å²) in [5.74, 6) is 2.52. The Bertz CT molecular complexity index is 601. The van der Waals surface area contributed by atoms with Crippen LogP contribution in [0.2, 0.25) is 0 Å². The third-order valence-corrected chi connectivity index (χ3v) is 4.85. The lowest BCUT2D eigenvalue weighted by molar-refractivity contribution is -0.0261. The number of aliphatic imine (C=N–C) groups is 1. The molecule has 6 nitrogen and oxygen atoms in total. The van der Waals surface area contributed by atoms with E-state index in [1.807, 2.05) is 12.1 Å². The van der Waals surface area contributed by atoms with Crippen molar-refractivity contribution in [2.24, 2.45) is 10.9 Å². The number of nitrogens with zero attached hydrogens (tertiary/aromatic N) is 2. The average Bonchev–Trinajstić information content (AvgIpc) is 3.07. The van der Waals surface area contributed by atoms with Crippen LogP contribution in [-0.4, -0.2) is 68.9 Å². The molecule has 0 spiro atoms. The van der Waals surface area contributed by atoms with Crippen LogP contribution < -0.4 is 15.4 Å². The summed E-state index contributed by atoms with van der Waals surface area (Å²) in [6.07, 6.45) is 1.26. The number of rotatable bonds is 7. The average molecular weight is 502 g/mol. The van der Waals surface area contributed by atoms with Gasteiger partial charge in [0, 0.05) is 32.6 Å². The summed E-state index contributed by atoms with van der Waals surface area (Å²) < 4.78 is 11.9. The van der Waals surface area contributed by atoms with Gasteiger partial charge < -0.3 is 20.1 Å². The monoisotopic (exact) mass is 502 g/mol. The normalized spacial score (nSPS) is 22.4. The Balaban J connectivity index is 0.00000280. The molecule has 0 radical (unpaired) electrons. The zero-order valence-electron chi connectivity index (χ0n) is 17.3. The smallest absolute Gasteiger partial charge is 0.191 e. The molecule has 2 aliphatic rings. The third-order valence-electron chi connectivity index (χ3n) is 4.85. The van der Waals surface area contributed by atoms with Gasteiger partial charge in [-0.3, -0.25) is 9.89 Å². The van der Waals surface area contributed by atoms with Gasteiger partial charge in [0.15, 0.2) is 5.96 Å². The highest BCUT2D eigenvalue weighted by Gasteiger charge is 2.23. The Morgan fingerprint density at radius 3 is 2.82 bits per heavy atom. The van der Waals surface area contributed by atoms with Gasteiger partial charge in [-0.2, -0.15) is 0 Å². The van der Waals surface area contributed by atoms with Gasteiger partial charge in [-0.1, -0.05) is 32.0 Å². The molecule has 0 amide bonds. The van der Waals surface area contributed by atoms with Crippen molar-refractivity contribution >= 4 is 29.9 Å². The molecule has 28 heavy (non-hydrogen) atoms. The van der Waals surface area contributed by atoms with Crippen LogP contribution in [0.3, 0.4) is 0 Å². The number of nitrogens with one attached hydrogen (secondary N) is 2. The van der Waals surface area contributed by atoms with Gasteiger partial charge >= 0.3 is 0 Å². The lowest BCUT2D eigenvalue weighted by atomic mass is 10.1. The first-order chi connectivity index (χ1) is 13.1. The van der Waals surface area contributed by atoms with Crippen LogP contribution in [0.15, 0.2) is 29.3 Å². The van der Waals surface area contributed by atoms with E-state index < -0.39 is 0 Å². The number of benzene rings is 1. The summed E-state index contributed by atoms with van der Waals surface area (Å²) in [4.78, 5) is 7.23. The third kappa shape index (κ3) is 7.08.